The van der Waals surface area contributed by atoms with Gasteiger partial charge in [0.05, 0.1) is 26.0 Å². The number of ether oxygens (including phenoxy) is 1. The predicted octanol–water partition coefficient (Wildman–Crippen LogP) is 3.42. The van der Waals surface area contributed by atoms with Gasteiger partial charge >= 0.3 is 6.18 Å². The van der Waals surface area contributed by atoms with Crippen LogP contribution in [0.3, 0.4) is 0 Å². The molecule has 1 unspecified atom stereocenters. The Morgan fingerprint density at radius 3 is 2.47 bits per heavy atom. The number of aliphatic hydroxyl groups is 2. The van der Waals surface area contributed by atoms with E-state index in [1.54, 1.807) is 12.4 Å². The summed E-state index contributed by atoms with van der Waals surface area (Å²) < 4.78 is 48.1. The van der Waals surface area contributed by atoms with Gasteiger partial charge in [0, 0.05) is 41.8 Å². The van der Waals surface area contributed by atoms with Crippen LogP contribution in [0.15, 0.2) is 12.4 Å². The summed E-state index contributed by atoms with van der Waals surface area (Å²) in [5, 5.41) is 23.3. The zero-order chi connectivity index (χ0) is 27.1. The second kappa shape index (κ2) is 13.0. The molecule has 1 spiro atoms. The van der Waals surface area contributed by atoms with Crippen LogP contribution in [0.1, 0.15) is 67.0 Å². The number of aromatic nitrogens is 2. The van der Waals surface area contributed by atoms with Gasteiger partial charge in [-0.25, -0.2) is 0 Å². The maximum Gasteiger partial charge on any atom is 0.425 e. The molecular weight excluding hydrogens is 497 g/mol. The molecule has 2 aliphatic rings. The Morgan fingerprint density at radius 1 is 1.28 bits per heavy atom. The number of carbonyl (C=O) groups excluding carboxylic acids is 1. The largest absolute Gasteiger partial charge is 0.425 e. The summed E-state index contributed by atoms with van der Waals surface area (Å²) in [6.07, 6.45) is -0.950. The quantitative estimate of drug-likeness (QED) is 0.524. The Morgan fingerprint density at radius 2 is 1.92 bits per heavy atom. The van der Waals surface area contributed by atoms with Crippen LogP contribution in [-0.4, -0.2) is 56.6 Å². The van der Waals surface area contributed by atoms with E-state index in [2.05, 4.69) is 10.00 Å². The zero-order valence-corrected chi connectivity index (χ0v) is 22.1. The van der Waals surface area contributed by atoms with Gasteiger partial charge in [0.1, 0.15) is 10.5 Å². The van der Waals surface area contributed by atoms with Crippen LogP contribution in [0, 0.1) is 0 Å². The minimum Gasteiger partial charge on any atom is -0.392 e. The van der Waals surface area contributed by atoms with Crippen molar-refractivity contribution in [1.82, 2.24) is 14.7 Å². The third kappa shape index (κ3) is 6.65. The van der Waals surface area contributed by atoms with Gasteiger partial charge in [-0.1, -0.05) is 27.7 Å². The number of fused-ring (bicyclic) bond motifs is 2. The molecule has 1 fully saturated rings. The second-order valence-electron chi connectivity index (χ2n) is 8.23. The summed E-state index contributed by atoms with van der Waals surface area (Å²) in [5.74, 6) is -0.818. The number of amides is 1. The SMILES string of the molecule is CC.CC.NC(=O)C(O)Cn1cc(CN2CCC3(CC2)OCCc2c3sc(C(F)(F)F)c2CO)cn1. The highest BCUT2D eigenvalue weighted by atomic mass is 32.1. The van der Waals surface area contributed by atoms with Gasteiger partial charge in [-0.05, 0) is 24.8 Å². The predicted molar refractivity (Wildman–Crippen MR) is 131 cm³/mol. The minimum absolute atomic E-state index is 0.00633. The fourth-order valence-corrected chi connectivity index (χ4v) is 5.93. The number of thiophene rings is 1. The van der Waals surface area contributed by atoms with E-state index >= 15 is 0 Å². The second-order valence-corrected chi connectivity index (χ2v) is 9.25. The van der Waals surface area contributed by atoms with Gasteiger partial charge in [-0.15, -0.1) is 11.3 Å². The van der Waals surface area contributed by atoms with Crippen molar-refractivity contribution in [2.45, 2.75) is 84.5 Å². The molecule has 2 aliphatic heterocycles. The molecule has 1 amide bonds. The molecule has 1 atom stereocenters. The van der Waals surface area contributed by atoms with Crippen molar-refractivity contribution in [2.24, 2.45) is 5.73 Å². The number of halogens is 3. The van der Waals surface area contributed by atoms with Crippen molar-refractivity contribution in [3.63, 3.8) is 0 Å². The van der Waals surface area contributed by atoms with Gasteiger partial charge in [0.25, 0.3) is 0 Å². The molecule has 0 aliphatic carbocycles. The molecule has 2 aromatic rings. The lowest BCUT2D eigenvalue weighted by atomic mass is 9.84. The number of nitrogens with zero attached hydrogens (tertiary/aromatic N) is 3. The molecule has 0 bridgehead atoms. The van der Waals surface area contributed by atoms with Gasteiger partial charge in [0.2, 0.25) is 5.91 Å². The molecule has 8 nitrogen and oxygen atoms in total. The highest BCUT2D eigenvalue weighted by Crippen LogP contribution is 2.50. The maximum atomic E-state index is 13.5. The van der Waals surface area contributed by atoms with Crippen molar-refractivity contribution in [3.8, 4) is 0 Å². The fraction of sp³-hybridized carbons (Fsp3) is 0.667. The average molecular weight is 535 g/mol. The topological polar surface area (TPSA) is 114 Å². The first-order valence-corrected chi connectivity index (χ1v) is 13.1. The fourth-order valence-electron chi connectivity index (χ4n) is 4.50. The third-order valence-electron chi connectivity index (χ3n) is 6.12. The molecule has 4 rings (SSSR count). The Bertz CT molecular complexity index is 985. The molecule has 204 valence electrons. The first kappa shape index (κ1) is 30.2. The van der Waals surface area contributed by atoms with E-state index in [4.69, 9.17) is 10.5 Å². The van der Waals surface area contributed by atoms with Gasteiger partial charge in [0.15, 0.2) is 6.10 Å². The number of rotatable bonds is 6. The van der Waals surface area contributed by atoms with Gasteiger partial charge in [-0.3, -0.25) is 14.4 Å². The van der Waals surface area contributed by atoms with Crippen LogP contribution >= 0.6 is 11.3 Å². The van der Waals surface area contributed by atoms with Crippen LogP contribution in [0.5, 0.6) is 0 Å². The molecule has 4 heterocycles. The van der Waals surface area contributed by atoms with E-state index < -0.39 is 35.3 Å². The van der Waals surface area contributed by atoms with Crippen molar-refractivity contribution in [3.05, 3.63) is 38.8 Å². The van der Waals surface area contributed by atoms with Crippen LogP contribution in [0.4, 0.5) is 13.2 Å². The van der Waals surface area contributed by atoms with E-state index in [-0.39, 0.29) is 12.1 Å². The number of piperidine rings is 1. The lowest BCUT2D eigenvalue weighted by Crippen LogP contribution is -2.45. The first-order valence-electron chi connectivity index (χ1n) is 12.3. The number of carbonyl (C=O) groups is 1. The number of likely N-dealkylation sites (tertiary alicyclic amines) is 1. The number of alkyl halides is 3. The summed E-state index contributed by atoms with van der Waals surface area (Å²) in [6, 6.07) is 0. The van der Waals surface area contributed by atoms with Crippen molar-refractivity contribution < 1.29 is 32.9 Å². The van der Waals surface area contributed by atoms with E-state index in [1.165, 1.54) is 4.68 Å². The highest BCUT2D eigenvalue weighted by molar-refractivity contribution is 7.12. The van der Waals surface area contributed by atoms with Crippen molar-refractivity contribution >= 4 is 17.2 Å². The highest BCUT2D eigenvalue weighted by Gasteiger charge is 2.47. The zero-order valence-electron chi connectivity index (χ0n) is 21.3. The maximum absolute atomic E-state index is 13.5. The number of hydrogen-bond donors (Lipinski definition) is 3. The standard InChI is InChI=1S/C20H25F3N4O4S.2C2H6/c21-20(22,23)17-14(11-28)13-1-6-31-19(16(13)32-17)2-4-26(5-3-19)8-12-7-25-27(9-12)10-15(29)18(24)30;2*1-2/h7,9,15,28-29H,1-6,8,10-11H2,(H2,24,30);2*1-2H3. The van der Waals surface area contributed by atoms with E-state index in [9.17, 15) is 28.2 Å². The third-order valence-corrected chi connectivity index (χ3v) is 7.63. The van der Waals surface area contributed by atoms with Crippen LogP contribution in [0.2, 0.25) is 0 Å². The molecule has 0 saturated carbocycles. The van der Waals surface area contributed by atoms with E-state index in [0.29, 0.717) is 67.3 Å². The molecular formula is C24H37F3N4O4S. The summed E-state index contributed by atoms with van der Waals surface area (Å²) in [4.78, 5) is 13.0. The minimum atomic E-state index is -4.50. The van der Waals surface area contributed by atoms with E-state index in [1.807, 2.05) is 27.7 Å². The number of primary amides is 1. The van der Waals surface area contributed by atoms with E-state index in [0.717, 1.165) is 5.56 Å². The summed E-state index contributed by atoms with van der Waals surface area (Å²) in [5.41, 5.74) is 5.79. The molecule has 0 aromatic carbocycles. The monoisotopic (exact) mass is 534 g/mol. The smallest absolute Gasteiger partial charge is 0.392 e. The number of nitrogens with two attached hydrogens (primary N) is 1. The van der Waals surface area contributed by atoms with Crippen LogP contribution in [-0.2, 0) is 47.4 Å². The molecule has 1 saturated heterocycles. The van der Waals surface area contributed by atoms with Crippen LogP contribution in [0.25, 0.3) is 0 Å². The summed E-state index contributed by atoms with van der Waals surface area (Å²) >= 11 is 0.712. The number of aliphatic hydroxyl groups excluding tert-OH is 2. The molecule has 36 heavy (non-hydrogen) atoms. The van der Waals surface area contributed by atoms with Crippen molar-refractivity contribution in [2.75, 3.05) is 19.7 Å². The average Bonchev–Trinajstić information content (AvgIpc) is 3.48. The summed E-state index contributed by atoms with van der Waals surface area (Å²) in [6.45, 7) is 9.52. The van der Waals surface area contributed by atoms with Gasteiger partial charge < -0.3 is 20.7 Å². The molecule has 4 N–H and O–H groups in total. The Balaban J connectivity index is 0.00000109. The van der Waals surface area contributed by atoms with Gasteiger partial charge in [-0.2, -0.15) is 18.3 Å². The molecule has 2 aromatic heterocycles. The van der Waals surface area contributed by atoms with Crippen LogP contribution < -0.4 is 5.73 Å². The van der Waals surface area contributed by atoms with Crippen molar-refractivity contribution in [1.29, 1.82) is 0 Å². The first-order chi connectivity index (χ1) is 17.1. The summed E-state index contributed by atoms with van der Waals surface area (Å²) in [7, 11) is 0. The Labute approximate surface area is 213 Å². The Kier molecular flexibility index (Phi) is 10.9. The number of hydrogen-bond acceptors (Lipinski definition) is 7. The lowest BCUT2D eigenvalue weighted by molar-refractivity contribution is -0.135. The molecule has 0 radical (unpaired) electrons. The molecule has 12 heteroatoms. The lowest BCUT2D eigenvalue weighted by Gasteiger charge is -2.43. The Hall–Kier alpha value is -1.99. The normalized spacial score (nSPS) is 17.9.